The van der Waals surface area contributed by atoms with Crippen LogP contribution >= 0.6 is 11.6 Å². The molecule has 7 nitrogen and oxygen atoms in total. The number of aromatic hydroxyl groups is 1. The number of nitrogens with one attached hydrogen (secondary N) is 2. The lowest BCUT2D eigenvalue weighted by atomic mass is 9.60. The highest BCUT2D eigenvalue weighted by Gasteiger charge is 2.55. The molecule has 3 N–H and O–H groups in total. The molecule has 3 heterocycles. The van der Waals surface area contributed by atoms with Gasteiger partial charge in [0.15, 0.2) is 0 Å². The Bertz CT molecular complexity index is 1150. The number of carbonyl (C=O) groups excluding carboxylic acids is 1. The number of phenols is 1. The van der Waals surface area contributed by atoms with Crippen LogP contribution in [0.5, 0.6) is 5.75 Å². The Kier molecular flexibility index (Phi) is 5.51. The second kappa shape index (κ2) is 8.36. The number of carbonyl (C=O) groups is 1. The van der Waals surface area contributed by atoms with Crippen molar-refractivity contribution in [2.24, 2.45) is 17.3 Å². The van der Waals surface area contributed by atoms with Crippen molar-refractivity contribution in [2.45, 2.75) is 56.5 Å². The van der Waals surface area contributed by atoms with Gasteiger partial charge in [0.1, 0.15) is 5.75 Å². The van der Waals surface area contributed by atoms with Gasteiger partial charge >= 0.3 is 0 Å². The van der Waals surface area contributed by atoms with E-state index in [0.717, 1.165) is 50.2 Å². The molecule has 1 spiro atoms. The number of halogens is 1. The molecule has 2 aromatic rings. The maximum atomic E-state index is 11.9. The van der Waals surface area contributed by atoms with Crippen LogP contribution in [0.2, 0.25) is 0 Å². The van der Waals surface area contributed by atoms with E-state index in [-0.39, 0.29) is 28.4 Å². The minimum atomic E-state index is 0.0270. The maximum Gasteiger partial charge on any atom is 0.245 e. The van der Waals surface area contributed by atoms with E-state index in [1.807, 2.05) is 17.0 Å². The third-order valence-corrected chi connectivity index (χ3v) is 9.71. The van der Waals surface area contributed by atoms with Gasteiger partial charge in [0, 0.05) is 59.2 Å². The first-order chi connectivity index (χ1) is 16.8. The number of rotatable bonds is 4. The van der Waals surface area contributed by atoms with Crippen molar-refractivity contribution in [1.82, 2.24) is 25.5 Å². The lowest BCUT2D eigenvalue weighted by Gasteiger charge is -2.58. The Morgan fingerprint density at radius 3 is 2.69 bits per heavy atom. The molecule has 1 amide bonds. The van der Waals surface area contributed by atoms with Crippen LogP contribution in [-0.2, 0) is 4.79 Å². The van der Waals surface area contributed by atoms with Crippen LogP contribution in [0.25, 0.3) is 11.3 Å². The number of phenolic OH excluding ortho intramolecular Hbond substituents is 1. The monoisotopic (exact) mass is 495 g/mol. The summed E-state index contributed by atoms with van der Waals surface area (Å²) in [7, 11) is 0. The fourth-order valence-electron chi connectivity index (χ4n) is 7.20. The van der Waals surface area contributed by atoms with Gasteiger partial charge in [-0.3, -0.25) is 20.3 Å². The number of nitrogens with zero attached hydrogens (tertiary/aromatic N) is 3. The topological polar surface area (TPSA) is 82.4 Å². The van der Waals surface area contributed by atoms with Crippen LogP contribution in [-0.4, -0.2) is 56.7 Å². The first kappa shape index (κ1) is 23.1. The van der Waals surface area contributed by atoms with Gasteiger partial charge in [-0.1, -0.05) is 13.5 Å². The third-order valence-electron chi connectivity index (χ3n) is 9.01. The molecule has 6 rings (SSSR count). The smallest absolute Gasteiger partial charge is 0.245 e. The molecule has 5 unspecified atom stereocenters. The zero-order chi connectivity index (χ0) is 24.5. The first-order valence-corrected chi connectivity index (χ1v) is 13.2. The fourth-order valence-corrected chi connectivity index (χ4v) is 7.62. The van der Waals surface area contributed by atoms with Crippen LogP contribution in [0.15, 0.2) is 36.9 Å². The molecule has 186 valence electrons. The zero-order valence-corrected chi connectivity index (χ0v) is 21.1. The number of fused-ring (bicyclic) bond motifs is 1. The van der Waals surface area contributed by atoms with Gasteiger partial charge in [-0.05, 0) is 68.4 Å². The Balaban J connectivity index is 1.36. The minimum Gasteiger partial charge on any atom is -0.508 e. The second-order valence-electron chi connectivity index (χ2n) is 11.3. The molecule has 2 saturated carbocycles. The van der Waals surface area contributed by atoms with Crippen LogP contribution in [0.4, 0.5) is 0 Å². The molecule has 35 heavy (non-hydrogen) atoms. The maximum absolute atomic E-state index is 11.9. The quantitative estimate of drug-likeness (QED) is 0.444. The summed E-state index contributed by atoms with van der Waals surface area (Å²) in [5, 5.41) is 15.1. The van der Waals surface area contributed by atoms with Crippen LogP contribution in [0.1, 0.15) is 49.4 Å². The molecule has 2 saturated heterocycles. The molecule has 2 aliphatic heterocycles. The Morgan fingerprint density at radius 1 is 1.29 bits per heavy atom. The molecular weight excluding hydrogens is 462 g/mol. The van der Waals surface area contributed by atoms with Gasteiger partial charge in [-0.25, -0.2) is 0 Å². The molecule has 0 bridgehead atoms. The summed E-state index contributed by atoms with van der Waals surface area (Å²) in [5.74, 6) is 1.25. The number of alkyl halides is 1. The molecule has 4 aliphatic rings. The zero-order valence-electron chi connectivity index (χ0n) is 20.4. The summed E-state index contributed by atoms with van der Waals surface area (Å²) in [4.78, 5) is 13.8. The van der Waals surface area contributed by atoms with Gasteiger partial charge in [-0.15, -0.1) is 11.6 Å². The Morgan fingerprint density at radius 2 is 2.00 bits per heavy atom. The number of hydrazine groups is 1. The highest BCUT2D eigenvalue weighted by molar-refractivity contribution is 6.21. The Hall–Kier alpha value is -2.35. The lowest BCUT2D eigenvalue weighted by Crippen LogP contribution is -2.63. The van der Waals surface area contributed by atoms with Gasteiger partial charge in [0.25, 0.3) is 0 Å². The summed E-state index contributed by atoms with van der Waals surface area (Å²) in [5.41, 5.74) is 11.5. The largest absolute Gasteiger partial charge is 0.508 e. The van der Waals surface area contributed by atoms with Crippen LogP contribution in [0, 0.1) is 24.2 Å². The number of benzene rings is 1. The highest BCUT2D eigenvalue weighted by Crippen LogP contribution is 2.56. The standard InChI is InChI=1S/C27H34ClN5O2/c1-4-22(35)32-13-27(14-32)10-18(11-27)33-16(3)23(26(31-33)17-5-7-19(34)8-6-17)24-20-12-29-30-21(20)9-15(2)25(24)28/h4-8,15,18,20-21,24-25,29-30,34H,1,9-14H2,2-3H3. The molecular formula is C27H34ClN5O2. The summed E-state index contributed by atoms with van der Waals surface area (Å²) in [6.45, 7) is 10.6. The van der Waals surface area contributed by atoms with Crippen LogP contribution in [0.3, 0.4) is 0 Å². The average molecular weight is 496 g/mol. The highest BCUT2D eigenvalue weighted by atomic mass is 35.5. The van der Waals surface area contributed by atoms with E-state index in [4.69, 9.17) is 16.7 Å². The molecule has 1 aromatic carbocycles. The second-order valence-corrected chi connectivity index (χ2v) is 11.8. The SMILES string of the molecule is C=CC(=O)N1CC2(CC(n3nc(-c4ccc(O)cc4)c(C4C(Cl)C(C)CC5NNCC54)c3C)C2)C1. The van der Waals surface area contributed by atoms with Gasteiger partial charge < -0.3 is 10.0 Å². The van der Waals surface area contributed by atoms with Gasteiger partial charge in [0.2, 0.25) is 5.91 Å². The number of aromatic nitrogens is 2. The summed E-state index contributed by atoms with van der Waals surface area (Å²) >= 11 is 7.19. The lowest BCUT2D eigenvalue weighted by molar-refractivity contribution is -0.149. The van der Waals surface area contributed by atoms with E-state index in [9.17, 15) is 9.90 Å². The molecule has 4 fully saturated rings. The van der Waals surface area contributed by atoms with E-state index in [0.29, 0.717) is 23.9 Å². The van der Waals surface area contributed by atoms with Gasteiger partial charge in [0.05, 0.1) is 11.7 Å². The van der Waals surface area contributed by atoms with Crippen molar-refractivity contribution in [1.29, 1.82) is 0 Å². The predicted octanol–water partition coefficient (Wildman–Crippen LogP) is 3.74. The molecule has 1 aromatic heterocycles. The van der Waals surface area contributed by atoms with Crippen molar-refractivity contribution in [3.05, 3.63) is 48.2 Å². The van der Waals surface area contributed by atoms with E-state index >= 15 is 0 Å². The van der Waals surface area contributed by atoms with Crippen molar-refractivity contribution in [3.8, 4) is 17.0 Å². The van der Waals surface area contributed by atoms with Crippen LogP contribution < -0.4 is 10.9 Å². The minimum absolute atomic E-state index is 0.0270. The summed E-state index contributed by atoms with van der Waals surface area (Å²) in [6.07, 6.45) is 4.54. The normalized spacial score (nSPS) is 31.6. The van der Waals surface area contributed by atoms with E-state index in [1.54, 1.807) is 12.1 Å². The number of amides is 1. The summed E-state index contributed by atoms with van der Waals surface area (Å²) in [6, 6.07) is 8.09. The molecule has 0 radical (unpaired) electrons. The van der Waals surface area contributed by atoms with Crippen molar-refractivity contribution in [3.63, 3.8) is 0 Å². The number of likely N-dealkylation sites (tertiary alicyclic amines) is 1. The van der Waals surface area contributed by atoms with E-state index in [2.05, 4.69) is 36.0 Å². The molecule has 5 atom stereocenters. The summed E-state index contributed by atoms with van der Waals surface area (Å²) < 4.78 is 2.23. The number of hydrogen-bond acceptors (Lipinski definition) is 5. The van der Waals surface area contributed by atoms with Gasteiger partial charge in [-0.2, -0.15) is 5.10 Å². The fraction of sp³-hybridized carbons (Fsp3) is 0.556. The third kappa shape index (κ3) is 3.62. The van der Waals surface area contributed by atoms with Crippen molar-refractivity contribution < 1.29 is 9.90 Å². The first-order valence-electron chi connectivity index (χ1n) is 12.7. The number of hydrogen-bond donors (Lipinski definition) is 3. The van der Waals surface area contributed by atoms with Crippen molar-refractivity contribution >= 4 is 17.5 Å². The molecule has 2 aliphatic carbocycles. The van der Waals surface area contributed by atoms with Crippen molar-refractivity contribution in [2.75, 3.05) is 19.6 Å². The molecule has 8 heteroatoms. The Labute approximate surface area is 211 Å². The predicted molar refractivity (Wildman–Crippen MR) is 136 cm³/mol. The van der Waals surface area contributed by atoms with E-state index < -0.39 is 0 Å². The average Bonchev–Trinajstić information content (AvgIpc) is 3.38. The van der Waals surface area contributed by atoms with E-state index in [1.165, 1.54) is 17.3 Å².